The molecule has 0 spiro atoms. The molecule has 11 heteroatoms. The average molecular weight is 456 g/mol. The van der Waals surface area contributed by atoms with Crippen LogP contribution in [0.25, 0.3) is 0 Å². The lowest BCUT2D eigenvalue weighted by atomic mass is 9.97. The first-order valence-corrected chi connectivity index (χ1v) is 10.3. The molecule has 0 bridgehead atoms. The maximum atomic E-state index is 12.2. The molecule has 0 aromatic carbocycles. The van der Waals surface area contributed by atoms with Gasteiger partial charge in [0.15, 0.2) is 0 Å². The molecule has 0 aliphatic rings. The summed E-state index contributed by atoms with van der Waals surface area (Å²) >= 11 is 11.7. The minimum absolute atomic E-state index is 0.0579. The van der Waals surface area contributed by atoms with Gasteiger partial charge in [0.1, 0.15) is 16.1 Å². The van der Waals surface area contributed by atoms with Crippen LogP contribution in [0.5, 0.6) is 0 Å². The molecule has 7 N–H and O–H groups in total. The van der Waals surface area contributed by atoms with Crippen molar-refractivity contribution in [3.63, 3.8) is 0 Å². The molecule has 0 fully saturated rings. The van der Waals surface area contributed by atoms with Gasteiger partial charge in [-0.2, -0.15) is 0 Å². The summed E-state index contributed by atoms with van der Waals surface area (Å²) in [6, 6.07) is 3.89. The van der Waals surface area contributed by atoms with Gasteiger partial charge in [0.25, 0.3) is 0 Å². The quantitative estimate of drug-likeness (QED) is 0.249. The number of anilines is 3. The molecule has 0 radical (unpaired) electrons. The predicted molar refractivity (Wildman–Crippen MR) is 121 cm³/mol. The van der Waals surface area contributed by atoms with Crippen molar-refractivity contribution in [2.45, 2.75) is 38.6 Å². The van der Waals surface area contributed by atoms with Gasteiger partial charge in [-0.15, -0.1) is 0 Å². The van der Waals surface area contributed by atoms with E-state index in [1.807, 2.05) is 13.1 Å². The lowest BCUT2D eigenvalue weighted by molar-refractivity contribution is 0.254. The highest BCUT2D eigenvalue weighted by Crippen LogP contribution is 2.33. The third-order valence-corrected chi connectivity index (χ3v) is 4.69. The number of carbonyl (C=O) groups excluding carboxylic acids is 1. The van der Waals surface area contributed by atoms with Gasteiger partial charge in [0.2, 0.25) is 0 Å². The molecule has 2 rings (SSSR count). The van der Waals surface area contributed by atoms with E-state index in [4.69, 9.17) is 34.0 Å². The Labute approximate surface area is 185 Å². The van der Waals surface area contributed by atoms with Gasteiger partial charge < -0.3 is 21.5 Å². The van der Waals surface area contributed by atoms with Crippen molar-refractivity contribution in [1.82, 2.24) is 15.4 Å². The minimum Gasteiger partial charge on any atom is -0.396 e. The molecule has 0 saturated heterocycles. The van der Waals surface area contributed by atoms with E-state index < -0.39 is 6.03 Å². The van der Waals surface area contributed by atoms with E-state index in [0.29, 0.717) is 30.0 Å². The molecular weight excluding hydrogens is 429 g/mol. The summed E-state index contributed by atoms with van der Waals surface area (Å²) in [7, 11) is 1.81. The molecular formula is C19H27Cl2N7O2. The Hall–Kier alpha value is -2.33. The molecule has 0 aliphatic heterocycles. The fourth-order valence-electron chi connectivity index (χ4n) is 2.91. The third-order valence-electron chi connectivity index (χ3n) is 4.30. The number of aromatic nitrogens is 2. The van der Waals surface area contributed by atoms with Crippen LogP contribution in [-0.4, -0.2) is 34.8 Å². The Morgan fingerprint density at radius 2 is 1.87 bits per heavy atom. The lowest BCUT2D eigenvalue weighted by Gasteiger charge is -2.22. The summed E-state index contributed by atoms with van der Waals surface area (Å²) in [6.45, 7) is 4.17. The van der Waals surface area contributed by atoms with Crippen LogP contribution in [0.15, 0.2) is 18.2 Å². The first kappa shape index (κ1) is 23.9. The number of hydrogen-bond donors (Lipinski definition) is 6. The first-order chi connectivity index (χ1) is 14.2. The number of pyridine rings is 2. The molecule has 2 amide bonds. The van der Waals surface area contributed by atoms with E-state index in [9.17, 15) is 4.79 Å². The molecule has 9 nitrogen and oxygen atoms in total. The molecule has 30 heavy (non-hydrogen) atoms. The van der Waals surface area contributed by atoms with Crippen LogP contribution in [0.1, 0.15) is 49.9 Å². The Bertz CT molecular complexity index is 860. The SMILES string of the molecule is CNc1c(C(C)C)cc(NNC(=O)Nc2cc(Cl)nc(Cl)c2)nc1C(N)CCCO. The number of hydrogen-bond acceptors (Lipinski definition) is 7. The van der Waals surface area contributed by atoms with Gasteiger partial charge in [-0.05, 0) is 42.5 Å². The monoisotopic (exact) mass is 455 g/mol. The van der Waals surface area contributed by atoms with E-state index in [-0.39, 0.29) is 28.9 Å². The van der Waals surface area contributed by atoms with E-state index in [0.717, 1.165) is 11.3 Å². The Kier molecular flexibility index (Phi) is 8.91. The van der Waals surface area contributed by atoms with Crippen molar-refractivity contribution in [1.29, 1.82) is 0 Å². The molecule has 1 unspecified atom stereocenters. The van der Waals surface area contributed by atoms with E-state index in [1.165, 1.54) is 12.1 Å². The molecule has 1 atom stereocenters. The summed E-state index contributed by atoms with van der Waals surface area (Å²) in [5.74, 6) is 0.628. The zero-order valence-corrected chi connectivity index (χ0v) is 18.6. The summed E-state index contributed by atoms with van der Waals surface area (Å²) < 4.78 is 0. The minimum atomic E-state index is -0.537. The van der Waals surface area contributed by atoms with Gasteiger partial charge >= 0.3 is 6.03 Å². The number of urea groups is 1. The number of amides is 2. The average Bonchev–Trinajstić information content (AvgIpc) is 2.68. The van der Waals surface area contributed by atoms with Crippen LogP contribution >= 0.6 is 23.2 Å². The van der Waals surface area contributed by atoms with Crippen LogP contribution < -0.4 is 27.2 Å². The maximum absolute atomic E-state index is 12.2. The molecule has 0 saturated carbocycles. The van der Waals surface area contributed by atoms with Crippen LogP contribution in [0.4, 0.5) is 22.0 Å². The van der Waals surface area contributed by atoms with Crippen LogP contribution in [0.2, 0.25) is 10.3 Å². The standard InChI is InChI=1S/C19H27Cl2N7O2/c1-10(2)12-9-16(26-18(17(12)23-3)13(22)5-4-6-29)27-28-19(30)24-11-7-14(20)25-15(21)8-11/h7-10,13,23,29H,4-6,22H2,1-3H3,(H,26,27)(H2,24,25,28,30). The van der Waals surface area contributed by atoms with Crippen molar-refractivity contribution in [3.8, 4) is 0 Å². The summed E-state index contributed by atoms with van der Waals surface area (Å²) in [5.41, 5.74) is 14.6. The second-order valence-corrected chi connectivity index (χ2v) is 7.71. The van der Waals surface area contributed by atoms with E-state index >= 15 is 0 Å². The third kappa shape index (κ3) is 6.60. The van der Waals surface area contributed by atoms with Crippen molar-refractivity contribution >= 4 is 46.4 Å². The topological polar surface area (TPSA) is 137 Å². The highest BCUT2D eigenvalue weighted by molar-refractivity contribution is 6.32. The van der Waals surface area contributed by atoms with Crippen LogP contribution in [-0.2, 0) is 0 Å². The number of halogens is 2. The number of aliphatic hydroxyl groups is 1. The maximum Gasteiger partial charge on any atom is 0.337 e. The normalized spacial score (nSPS) is 11.9. The Morgan fingerprint density at radius 1 is 1.20 bits per heavy atom. The summed E-state index contributed by atoms with van der Waals surface area (Å²) in [4.78, 5) is 20.6. The molecule has 164 valence electrons. The lowest BCUT2D eigenvalue weighted by Crippen LogP contribution is -2.34. The fraction of sp³-hybridized carbons (Fsp3) is 0.421. The Morgan fingerprint density at radius 3 is 2.43 bits per heavy atom. The van der Waals surface area contributed by atoms with Gasteiger partial charge in [-0.25, -0.2) is 14.8 Å². The number of carbonyl (C=O) groups is 1. The summed E-state index contributed by atoms with van der Waals surface area (Å²) in [6.07, 6.45) is 1.15. The van der Waals surface area contributed by atoms with Crippen molar-refractivity contribution in [2.24, 2.45) is 5.73 Å². The molecule has 2 heterocycles. The molecule has 0 aliphatic carbocycles. The van der Waals surface area contributed by atoms with Gasteiger partial charge in [-0.3, -0.25) is 10.9 Å². The van der Waals surface area contributed by atoms with Crippen LogP contribution in [0.3, 0.4) is 0 Å². The number of aliphatic hydroxyl groups excluding tert-OH is 1. The van der Waals surface area contributed by atoms with Gasteiger partial charge in [0.05, 0.1) is 11.4 Å². The molecule has 2 aromatic heterocycles. The number of nitrogens with two attached hydrogens (primary N) is 1. The smallest absolute Gasteiger partial charge is 0.337 e. The second-order valence-electron chi connectivity index (χ2n) is 6.94. The summed E-state index contributed by atoms with van der Waals surface area (Å²) in [5, 5.41) is 15.2. The predicted octanol–water partition coefficient (Wildman–Crippen LogP) is 3.87. The highest BCUT2D eigenvalue weighted by atomic mass is 35.5. The van der Waals surface area contributed by atoms with E-state index in [1.54, 1.807) is 0 Å². The van der Waals surface area contributed by atoms with Crippen molar-refractivity contribution in [2.75, 3.05) is 29.7 Å². The highest BCUT2D eigenvalue weighted by Gasteiger charge is 2.19. The molecule has 2 aromatic rings. The second kappa shape index (κ2) is 11.2. The van der Waals surface area contributed by atoms with Gasteiger partial charge in [-0.1, -0.05) is 37.0 Å². The van der Waals surface area contributed by atoms with Crippen molar-refractivity contribution in [3.05, 3.63) is 39.8 Å². The number of nitrogens with zero attached hydrogens (tertiary/aromatic N) is 2. The largest absolute Gasteiger partial charge is 0.396 e. The van der Waals surface area contributed by atoms with E-state index in [2.05, 4.69) is 45.3 Å². The van der Waals surface area contributed by atoms with Crippen LogP contribution in [0, 0.1) is 0 Å². The zero-order chi connectivity index (χ0) is 22.3. The number of rotatable bonds is 9. The van der Waals surface area contributed by atoms with Crippen molar-refractivity contribution < 1.29 is 9.90 Å². The Balaban J connectivity index is 2.19. The number of hydrazine groups is 1. The number of nitrogens with one attached hydrogen (secondary N) is 4. The first-order valence-electron chi connectivity index (χ1n) is 9.50. The van der Waals surface area contributed by atoms with Gasteiger partial charge in [0, 0.05) is 25.4 Å². The zero-order valence-electron chi connectivity index (χ0n) is 17.1. The fourth-order valence-corrected chi connectivity index (χ4v) is 3.37.